The van der Waals surface area contributed by atoms with Crippen molar-refractivity contribution in [2.24, 2.45) is 0 Å². The Hall–Kier alpha value is -1.71. The highest BCUT2D eigenvalue weighted by molar-refractivity contribution is 8.00. The van der Waals surface area contributed by atoms with E-state index in [-0.39, 0.29) is 28.9 Å². The van der Waals surface area contributed by atoms with Crippen molar-refractivity contribution in [3.05, 3.63) is 33.3 Å². The molecule has 18 heavy (non-hydrogen) atoms. The molecule has 0 aliphatic carbocycles. The molecule has 0 bridgehead atoms. The number of nitrogens with one attached hydrogen (secondary N) is 1. The average molecular weight is 285 g/mol. The third-order valence-corrected chi connectivity index (χ3v) is 3.16. The van der Waals surface area contributed by atoms with Gasteiger partial charge in [-0.2, -0.15) is 0 Å². The van der Waals surface area contributed by atoms with Crippen LogP contribution in [-0.2, 0) is 4.79 Å². The minimum Gasteiger partial charge on any atom is -0.344 e. The summed E-state index contributed by atoms with van der Waals surface area (Å²) in [5.74, 6) is 2.05. The van der Waals surface area contributed by atoms with Gasteiger partial charge in [-0.3, -0.25) is 14.9 Å². The highest BCUT2D eigenvalue weighted by Crippen LogP contribution is 2.31. The number of amides is 1. The summed E-state index contributed by atoms with van der Waals surface area (Å²) in [6.07, 6.45) is 4.99. The van der Waals surface area contributed by atoms with Crippen LogP contribution in [0, 0.1) is 22.5 Å². The molecule has 94 valence electrons. The first-order valence-electron chi connectivity index (χ1n) is 4.81. The van der Waals surface area contributed by atoms with Crippen LogP contribution < -0.4 is 5.32 Å². The Kier molecular flexibility index (Phi) is 5.49. The average Bonchev–Trinajstić information content (AvgIpc) is 2.34. The molecule has 5 nitrogen and oxygen atoms in total. The molecule has 0 spiro atoms. The molecular weight excluding hydrogens is 276 g/mol. The molecule has 0 unspecified atom stereocenters. The number of nitro groups is 1. The fourth-order valence-electron chi connectivity index (χ4n) is 1.10. The normalized spacial score (nSPS) is 9.56. The van der Waals surface area contributed by atoms with Gasteiger partial charge in [-0.25, -0.2) is 0 Å². The number of thioether (sulfide) groups is 1. The van der Waals surface area contributed by atoms with Gasteiger partial charge in [-0.1, -0.05) is 17.5 Å². The van der Waals surface area contributed by atoms with Gasteiger partial charge in [0.1, 0.15) is 0 Å². The SMILES string of the molecule is C#CCNC(=O)CSc1ccc(Cl)cc1[N+](=O)[O-]. The van der Waals surface area contributed by atoms with Crippen LogP contribution in [0.4, 0.5) is 5.69 Å². The summed E-state index contributed by atoms with van der Waals surface area (Å²) >= 11 is 6.74. The molecule has 7 heteroatoms. The van der Waals surface area contributed by atoms with Gasteiger partial charge in [0.15, 0.2) is 0 Å². The van der Waals surface area contributed by atoms with Crippen LogP contribution in [0.1, 0.15) is 0 Å². The molecule has 0 atom stereocenters. The number of halogens is 1. The number of benzene rings is 1. The molecule has 1 N–H and O–H groups in total. The van der Waals surface area contributed by atoms with E-state index in [1.54, 1.807) is 0 Å². The third kappa shape index (κ3) is 4.28. The molecule has 1 aromatic carbocycles. The lowest BCUT2D eigenvalue weighted by Gasteiger charge is -2.03. The van der Waals surface area contributed by atoms with Crippen molar-refractivity contribution in [1.82, 2.24) is 5.32 Å². The molecule has 0 saturated heterocycles. The van der Waals surface area contributed by atoms with E-state index in [0.717, 1.165) is 11.8 Å². The van der Waals surface area contributed by atoms with Gasteiger partial charge in [0, 0.05) is 11.1 Å². The second kappa shape index (κ2) is 6.89. The first kappa shape index (κ1) is 14.4. The van der Waals surface area contributed by atoms with Crippen molar-refractivity contribution in [3.8, 4) is 12.3 Å². The predicted octanol–water partition coefficient (Wildman–Crippen LogP) is 2.09. The van der Waals surface area contributed by atoms with E-state index >= 15 is 0 Å². The highest BCUT2D eigenvalue weighted by Gasteiger charge is 2.15. The largest absolute Gasteiger partial charge is 0.344 e. The summed E-state index contributed by atoms with van der Waals surface area (Å²) in [7, 11) is 0. The standard InChI is InChI=1S/C11H9ClN2O3S/c1-2-5-13-11(15)7-18-10-4-3-8(12)6-9(10)14(16)17/h1,3-4,6H,5,7H2,(H,13,15). The van der Waals surface area contributed by atoms with Gasteiger partial charge < -0.3 is 5.32 Å². The minimum atomic E-state index is -0.534. The molecule has 0 aromatic heterocycles. The Bertz CT molecular complexity index is 514. The fraction of sp³-hybridized carbons (Fsp3) is 0.182. The minimum absolute atomic E-state index is 0.0597. The summed E-state index contributed by atoms with van der Waals surface area (Å²) in [5.41, 5.74) is -0.114. The zero-order valence-electron chi connectivity index (χ0n) is 9.18. The van der Waals surface area contributed by atoms with Crippen LogP contribution in [-0.4, -0.2) is 23.1 Å². The van der Waals surface area contributed by atoms with E-state index in [9.17, 15) is 14.9 Å². The van der Waals surface area contributed by atoms with Crippen molar-refractivity contribution >= 4 is 35.0 Å². The Labute approximate surface area is 113 Å². The molecule has 0 fully saturated rings. The zero-order chi connectivity index (χ0) is 13.5. The zero-order valence-corrected chi connectivity index (χ0v) is 10.8. The summed E-state index contributed by atoms with van der Waals surface area (Å²) < 4.78 is 0. The summed E-state index contributed by atoms with van der Waals surface area (Å²) in [6, 6.07) is 4.30. The quantitative estimate of drug-likeness (QED) is 0.389. The molecule has 0 aliphatic heterocycles. The Morgan fingerprint density at radius 3 is 2.94 bits per heavy atom. The van der Waals surface area contributed by atoms with Gasteiger partial charge in [0.25, 0.3) is 5.69 Å². The second-order valence-electron chi connectivity index (χ2n) is 3.14. The van der Waals surface area contributed by atoms with Crippen molar-refractivity contribution in [3.63, 3.8) is 0 Å². The van der Waals surface area contributed by atoms with Gasteiger partial charge >= 0.3 is 0 Å². The first-order valence-corrected chi connectivity index (χ1v) is 6.18. The van der Waals surface area contributed by atoms with Gasteiger partial charge in [0.05, 0.1) is 22.1 Å². The van der Waals surface area contributed by atoms with E-state index in [0.29, 0.717) is 4.90 Å². The van der Waals surface area contributed by atoms with Crippen LogP contribution in [0.15, 0.2) is 23.1 Å². The van der Waals surface area contributed by atoms with Gasteiger partial charge in [0.2, 0.25) is 5.91 Å². The number of nitrogens with zero attached hydrogens (tertiary/aromatic N) is 1. The smallest absolute Gasteiger partial charge is 0.284 e. The van der Waals surface area contributed by atoms with E-state index in [4.69, 9.17) is 18.0 Å². The van der Waals surface area contributed by atoms with Crippen molar-refractivity contribution in [1.29, 1.82) is 0 Å². The van der Waals surface area contributed by atoms with E-state index < -0.39 is 4.92 Å². The number of rotatable bonds is 5. The molecule has 0 radical (unpaired) electrons. The number of carbonyl (C=O) groups is 1. The van der Waals surface area contributed by atoms with Crippen molar-refractivity contribution < 1.29 is 9.72 Å². The third-order valence-electron chi connectivity index (χ3n) is 1.86. The lowest BCUT2D eigenvalue weighted by molar-refractivity contribution is -0.387. The predicted molar refractivity (Wildman–Crippen MR) is 70.7 cm³/mol. The number of hydrogen-bond donors (Lipinski definition) is 1. The van der Waals surface area contributed by atoms with Gasteiger partial charge in [-0.05, 0) is 12.1 Å². The van der Waals surface area contributed by atoms with Crippen LogP contribution in [0.3, 0.4) is 0 Å². The first-order chi connectivity index (χ1) is 8.54. The number of hydrogen-bond acceptors (Lipinski definition) is 4. The van der Waals surface area contributed by atoms with Crippen molar-refractivity contribution in [2.75, 3.05) is 12.3 Å². The molecule has 0 aliphatic rings. The maximum absolute atomic E-state index is 11.3. The maximum Gasteiger partial charge on any atom is 0.284 e. The molecule has 0 saturated carbocycles. The fourth-order valence-corrected chi connectivity index (χ4v) is 2.10. The Morgan fingerprint density at radius 2 is 2.33 bits per heavy atom. The second-order valence-corrected chi connectivity index (χ2v) is 4.59. The summed E-state index contributed by atoms with van der Waals surface area (Å²) in [5, 5.41) is 13.5. The summed E-state index contributed by atoms with van der Waals surface area (Å²) in [6.45, 7) is 0.141. The summed E-state index contributed by atoms with van der Waals surface area (Å²) in [4.78, 5) is 22.0. The van der Waals surface area contributed by atoms with Crippen LogP contribution in [0.25, 0.3) is 0 Å². The number of carbonyl (C=O) groups excluding carboxylic acids is 1. The van der Waals surface area contributed by atoms with E-state index in [2.05, 4.69) is 11.2 Å². The molecule has 0 heterocycles. The topological polar surface area (TPSA) is 72.2 Å². The van der Waals surface area contributed by atoms with E-state index in [1.165, 1.54) is 18.2 Å². The van der Waals surface area contributed by atoms with Crippen LogP contribution in [0.5, 0.6) is 0 Å². The lowest BCUT2D eigenvalue weighted by atomic mass is 10.3. The van der Waals surface area contributed by atoms with Crippen molar-refractivity contribution in [2.45, 2.75) is 4.90 Å². The number of terminal acetylenes is 1. The van der Waals surface area contributed by atoms with E-state index in [1.807, 2.05) is 0 Å². The lowest BCUT2D eigenvalue weighted by Crippen LogP contribution is -2.25. The molecule has 1 amide bonds. The Morgan fingerprint density at radius 1 is 1.61 bits per heavy atom. The van der Waals surface area contributed by atoms with Crippen LogP contribution >= 0.6 is 23.4 Å². The van der Waals surface area contributed by atoms with Crippen LogP contribution in [0.2, 0.25) is 5.02 Å². The molecule has 1 rings (SSSR count). The number of nitro benzene ring substituents is 1. The maximum atomic E-state index is 11.3. The molecule has 1 aromatic rings. The Balaban J connectivity index is 2.70. The monoisotopic (exact) mass is 284 g/mol. The van der Waals surface area contributed by atoms with Gasteiger partial charge in [-0.15, -0.1) is 18.2 Å². The molecular formula is C11H9ClN2O3S. The highest BCUT2D eigenvalue weighted by atomic mass is 35.5.